The molecule has 15 heteroatoms. The maximum Gasteiger partial charge on any atom is 0.229 e. The summed E-state index contributed by atoms with van der Waals surface area (Å²) in [6.07, 6.45) is -10.9. The molecule has 3 heterocycles. The normalized spacial score (nSPS) is 30.8. The van der Waals surface area contributed by atoms with Crippen molar-refractivity contribution in [3.63, 3.8) is 0 Å². The Kier molecular flexibility index (Phi) is 8.80. The van der Waals surface area contributed by atoms with E-state index in [1.54, 1.807) is 0 Å². The Morgan fingerprint density at radius 2 is 1.74 bits per heavy atom. The minimum atomic E-state index is -2.02. The zero-order valence-electron chi connectivity index (χ0n) is 23.0. The third kappa shape index (κ3) is 5.74. The highest BCUT2D eigenvalue weighted by molar-refractivity contribution is 5.86. The predicted octanol–water partition coefficient (Wildman–Crippen LogP) is -1.17. The first-order valence-electron chi connectivity index (χ1n) is 13.1. The van der Waals surface area contributed by atoms with Crippen LogP contribution in [0, 0.1) is 0 Å². The molecule has 1 aromatic heterocycles. The molecule has 2 saturated heterocycles. The molecule has 0 saturated carbocycles. The maximum atomic E-state index is 12.8. The van der Waals surface area contributed by atoms with E-state index in [0.717, 1.165) is 0 Å². The molecule has 43 heavy (non-hydrogen) atoms. The van der Waals surface area contributed by atoms with Gasteiger partial charge in [0.25, 0.3) is 0 Å². The van der Waals surface area contributed by atoms with Crippen molar-refractivity contribution >= 4 is 11.0 Å². The topological polar surface area (TPSA) is 227 Å². The number of benzene rings is 2. The van der Waals surface area contributed by atoms with Gasteiger partial charge >= 0.3 is 0 Å². The molecule has 3 aromatic rings. The van der Waals surface area contributed by atoms with Crippen LogP contribution in [0.3, 0.4) is 0 Å². The van der Waals surface area contributed by atoms with E-state index in [-0.39, 0.29) is 39.7 Å². The monoisotopic (exact) mass is 608 g/mol. The first-order valence-corrected chi connectivity index (χ1v) is 13.1. The van der Waals surface area contributed by atoms with Crippen molar-refractivity contribution in [2.45, 2.75) is 48.7 Å². The average molecular weight is 609 g/mol. The Balaban J connectivity index is 1.45. The van der Waals surface area contributed by atoms with Gasteiger partial charge in [-0.15, -0.1) is 0 Å². The Bertz CT molecular complexity index is 1510. The van der Waals surface area contributed by atoms with Crippen LogP contribution in [0.4, 0.5) is 0 Å². The maximum absolute atomic E-state index is 12.8. The Hall–Kier alpha value is -3.51. The molecule has 7 N–H and O–H groups in total. The van der Waals surface area contributed by atoms with Gasteiger partial charge in [0.2, 0.25) is 6.29 Å². The highest BCUT2D eigenvalue weighted by Gasteiger charge is 2.53. The minimum absolute atomic E-state index is 0.0232. The lowest BCUT2D eigenvalue weighted by molar-refractivity contribution is -0.319. The third-order valence-corrected chi connectivity index (χ3v) is 7.41. The van der Waals surface area contributed by atoms with Gasteiger partial charge in [0.05, 0.1) is 34.0 Å². The van der Waals surface area contributed by atoms with E-state index >= 15 is 0 Å². The summed E-state index contributed by atoms with van der Waals surface area (Å²) in [6, 6.07) is 8.40. The van der Waals surface area contributed by atoms with Crippen LogP contribution in [0.2, 0.25) is 0 Å². The quantitative estimate of drug-likeness (QED) is 0.152. The molecule has 234 valence electrons. The van der Waals surface area contributed by atoms with Gasteiger partial charge in [-0.25, -0.2) is 0 Å². The SMILES string of the molecule is COc1cc(O)c2c(=O)cc(-c3ccc(O[C@@H]4O[C@H](CO)[C@@H](O)[C@H](O)[C@H]4OC4OC[C@](O)(CO)[C@H]4O)c(OC)c3)oc2c1. The molecule has 2 aliphatic rings. The van der Waals surface area contributed by atoms with Crippen molar-refractivity contribution in [3.8, 4) is 34.3 Å². The first-order chi connectivity index (χ1) is 20.5. The van der Waals surface area contributed by atoms with Gasteiger partial charge in [0.1, 0.15) is 58.2 Å². The smallest absolute Gasteiger partial charge is 0.229 e. The van der Waals surface area contributed by atoms with Crippen molar-refractivity contribution in [2.24, 2.45) is 0 Å². The zero-order chi connectivity index (χ0) is 31.1. The molecule has 8 atom stereocenters. The van der Waals surface area contributed by atoms with Gasteiger partial charge in [0.15, 0.2) is 29.3 Å². The summed E-state index contributed by atoms with van der Waals surface area (Å²) in [6.45, 7) is -1.99. The van der Waals surface area contributed by atoms with Gasteiger partial charge in [-0.1, -0.05) is 0 Å². The number of phenols is 1. The molecule has 0 radical (unpaired) electrons. The summed E-state index contributed by atoms with van der Waals surface area (Å²) in [5, 5.41) is 71.3. The molecule has 0 aliphatic carbocycles. The predicted molar refractivity (Wildman–Crippen MR) is 144 cm³/mol. The summed E-state index contributed by atoms with van der Waals surface area (Å²) < 4.78 is 39.0. The van der Waals surface area contributed by atoms with Crippen LogP contribution in [0.5, 0.6) is 23.0 Å². The lowest BCUT2D eigenvalue weighted by atomic mass is 9.98. The van der Waals surface area contributed by atoms with Gasteiger partial charge in [-0.2, -0.15) is 0 Å². The number of hydrogen-bond donors (Lipinski definition) is 7. The van der Waals surface area contributed by atoms with Crippen LogP contribution in [0.1, 0.15) is 0 Å². The van der Waals surface area contributed by atoms with Crippen LogP contribution in [0.25, 0.3) is 22.3 Å². The summed E-state index contributed by atoms with van der Waals surface area (Å²) in [7, 11) is 2.74. The number of aromatic hydroxyl groups is 1. The second-order valence-electron chi connectivity index (χ2n) is 10.2. The summed E-state index contributed by atoms with van der Waals surface area (Å²) in [5.74, 6) is 0.273. The Morgan fingerprint density at radius 3 is 2.40 bits per heavy atom. The molecule has 0 spiro atoms. The second-order valence-corrected chi connectivity index (χ2v) is 10.2. The molecule has 1 unspecified atom stereocenters. The highest BCUT2D eigenvalue weighted by atomic mass is 16.8. The average Bonchev–Trinajstić information content (AvgIpc) is 3.29. The van der Waals surface area contributed by atoms with E-state index in [1.165, 1.54) is 50.6 Å². The largest absolute Gasteiger partial charge is 0.507 e. The highest BCUT2D eigenvalue weighted by Crippen LogP contribution is 2.38. The van der Waals surface area contributed by atoms with Crippen molar-refractivity contribution in [2.75, 3.05) is 34.0 Å². The van der Waals surface area contributed by atoms with Gasteiger partial charge in [0, 0.05) is 23.8 Å². The van der Waals surface area contributed by atoms with E-state index in [1.807, 2.05) is 0 Å². The van der Waals surface area contributed by atoms with E-state index in [9.17, 15) is 40.5 Å². The minimum Gasteiger partial charge on any atom is -0.507 e. The van der Waals surface area contributed by atoms with Gasteiger partial charge in [-0.05, 0) is 18.2 Å². The van der Waals surface area contributed by atoms with Crippen molar-refractivity contribution < 1.29 is 68.6 Å². The summed E-state index contributed by atoms with van der Waals surface area (Å²) in [5.41, 5.74) is -2.05. The first kappa shape index (κ1) is 30.9. The fourth-order valence-electron chi connectivity index (χ4n) is 4.91. The van der Waals surface area contributed by atoms with Crippen molar-refractivity contribution in [1.82, 2.24) is 0 Å². The molecule has 15 nitrogen and oxygen atoms in total. The number of methoxy groups -OCH3 is 2. The van der Waals surface area contributed by atoms with Crippen molar-refractivity contribution in [1.29, 1.82) is 0 Å². The van der Waals surface area contributed by atoms with Crippen molar-refractivity contribution in [3.05, 3.63) is 46.6 Å². The Morgan fingerprint density at radius 1 is 0.977 bits per heavy atom. The molecule has 2 aromatic carbocycles. The molecular weight excluding hydrogens is 576 g/mol. The Labute approximate surface area is 243 Å². The standard InChI is InChI=1S/C28H32O15/c1-37-13-6-14(31)21-15(32)8-17(40-19(21)7-13)12-3-4-16(18(5-12)38-2)41-26-24(23(34)22(33)20(9-29)42-26)43-27-25(35)28(36,10-30)11-39-27/h3-8,20,22-27,29-31,33-36H,9-11H2,1-2H3/t20-,22-,23+,24-,25+,26-,27?,28-/m1/s1. The van der Waals surface area contributed by atoms with E-state index in [4.69, 9.17) is 32.8 Å². The number of aliphatic hydroxyl groups is 6. The van der Waals surface area contributed by atoms with Gasteiger partial charge in [-0.3, -0.25) is 4.79 Å². The molecular formula is C28H32O15. The molecule has 0 amide bonds. The second kappa shape index (κ2) is 12.2. The lowest BCUT2D eigenvalue weighted by Crippen LogP contribution is -2.62. The molecule has 2 fully saturated rings. The molecule has 2 aliphatic heterocycles. The molecule has 5 rings (SSSR count). The van der Waals surface area contributed by atoms with Crippen LogP contribution >= 0.6 is 0 Å². The number of ether oxygens (including phenoxy) is 6. The number of hydrogen-bond acceptors (Lipinski definition) is 15. The van der Waals surface area contributed by atoms with Crippen LogP contribution in [0.15, 0.2) is 45.6 Å². The zero-order valence-corrected chi connectivity index (χ0v) is 23.0. The number of fused-ring (bicyclic) bond motifs is 1. The lowest BCUT2D eigenvalue weighted by Gasteiger charge is -2.42. The van der Waals surface area contributed by atoms with E-state index in [0.29, 0.717) is 5.56 Å². The van der Waals surface area contributed by atoms with E-state index in [2.05, 4.69) is 0 Å². The molecule has 0 bridgehead atoms. The van der Waals surface area contributed by atoms with E-state index < -0.39 is 74.0 Å². The third-order valence-electron chi connectivity index (χ3n) is 7.41. The fraction of sp³-hybridized carbons (Fsp3) is 0.464. The van der Waals surface area contributed by atoms with Gasteiger partial charge < -0.3 is 68.6 Å². The summed E-state index contributed by atoms with van der Waals surface area (Å²) >= 11 is 0. The van der Waals surface area contributed by atoms with Crippen LogP contribution < -0.4 is 19.6 Å². The number of rotatable bonds is 9. The van der Waals surface area contributed by atoms with Crippen LogP contribution in [-0.4, -0.2) is 118 Å². The summed E-state index contributed by atoms with van der Waals surface area (Å²) in [4.78, 5) is 12.8. The number of aliphatic hydroxyl groups excluding tert-OH is 5. The number of phenolic OH excluding ortho intramolecular Hbond substituents is 1. The fourth-order valence-corrected chi connectivity index (χ4v) is 4.91. The van der Waals surface area contributed by atoms with Crippen LogP contribution in [-0.2, 0) is 14.2 Å².